The summed E-state index contributed by atoms with van der Waals surface area (Å²) in [6.07, 6.45) is 2.88. The van der Waals surface area contributed by atoms with Gasteiger partial charge in [-0.05, 0) is 50.1 Å². The number of benzene rings is 2. The average molecular weight is 402 g/mol. The second-order valence-electron chi connectivity index (χ2n) is 6.82. The molecule has 0 aliphatic carbocycles. The number of piperidine rings is 1. The molecule has 3 rings (SSSR count). The van der Waals surface area contributed by atoms with Gasteiger partial charge in [0.1, 0.15) is 0 Å². The largest absolute Gasteiger partial charge is 0.376 e. The SMILES string of the molecule is CCN(C(=O)CNc1cccc(S(=O)(=O)N2CCCCC2)c1)c1ccccc1. The van der Waals surface area contributed by atoms with Crippen molar-refractivity contribution in [2.45, 2.75) is 31.1 Å². The lowest BCUT2D eigenvalue weighted by Crippen LogP contribution is -2.36. The Morgan fingerprint density at radius 1 is 1.04 bits per heavy atom. The molecule has 1 aliphatic rings. The highest BCUT2D eigenvalue weighted by Crippen LogP contribution is 2.23. The molecular weight excluding hydrogens is 374 g/mol. The quantitative estimate of drug-likeness (QED) is 0.773. The zero-order valence-corrected chi connectivity index (χ0v) is 17.0. The van der Waals surface area contributed by atoms with Gasteiger partial charge in [0.15, 0.2) is 0 Å². The van der Waals surface area contributed by atoms with Crippen LogP contribution in [0.15, 0.2) is 59.5 Å². The molecule has 0 spiro atoms. The van der Waals surface area contributed by atoms with Crippen LogP contribution in [0.5, 0.6) is 0 Å². The van der Waals surface area contributed by atoms with Gasteiger partial charge in [0, 0.05) is 31.0 Å². The van der Waals surface area contributed by atoms with Crippen molar-refractivity contribution in [1.82, 2.24) is 4.31 Å². The van der Waals surface area contributed by atoms with E-state index >= 15 is 0 Å². The van der Waals surface area contributed by atoms with Crippen molar-refractivity contribution in [3.63, 3.8) is 0 Å². The molecule has 28 heavy (non-hydrogen) atoms. The number of nitrogens with one attached hydrogen (secondary N) is 1. The van der Waals surface area contributed by atoms with Crippen LogP contribution in [0.4, 0.5) is 11.4 Å². The van der Waals surface area contributed by atoms with Crippen LogP contribution in [0.25, 0.3) is 0 Å². The van der Waals surface area contributed by atoms with E-state index in [0.29, 0.717) is 25.3 Å². The fraction of sp³-hybridized carbons (Fsp3) is 0.381. The summed E-state index contributed by atoms with van der Waals surface area (Å²) in [5.41, 5.74) is 1.47. The first kappa shape index (κ1) is 20.4. The van der Waals surface area contributed by atoms with Gasteiger partial charge in [-0.15, -0.1) is 0 Å². The number of likely N-dealkylation sites (N-methyl/N-ethyl adjacent to an activating group) is 1. The highest BCUT2D eigenvalue weighted by atomic mass is 32.2. The predicted octanol–water partition coefficient (Wildman–Crippen LogP) is 3.33. The molecule has 0 radical (unpaired) electrons. The third-order valence-electron chi connectivity index (χ3n) is 4.92. The minimum atomic E-state index is -3.49. The number of carbonyl (C=O) groups excluding carboxylic acids is 1. The smallest absolute Gasteiger partial charge is 0.246 e. The Morgan fingerprint density at radius 3 is 2.43 bits per heavy atom. The van der Waals surface area contributed by atoms with E-state index in [0.717, 1.165) is 24.9 Å². The van der Waals surface area contributed by atoms with E-state index < -0.39 is 10.0 Å². The second-order valence-corrected chi connectivity index (χ2v) is 8.76. The third kappa shape index (κ3) is 4.72. The normalized spacial score (nSPS) is 15.2. The number of rotatable bonds is 7. The number of amides is 1. The predicted molar refractivity (Wildman–Crippen MR) is 112 cm³/mol. The standard InChI is InChI=1S/C21H27N3O3S/c1-2-24(19-11-5-3-6-12-19)21(25)17-22-18-10-9-13-20(16-18)28(26,27)23-14-7-4-8-15-23/h3,5-6,9-13,16,22H,2,4,7-8,14-15,17H2,1H3. The third-order valence-corrected chi connectivity index (χ3v) is 6.81. The lowest BCUT2D eigenvalue weighted by molar-refractivity contribution is -0.116. The molecule has 1 amide bonds. The van der Waals surface area contributed by atoms with Gasteiger partial charge >= 0.3 is 0 Å². The number of hydrogen-bond donors (Lipinski definition) is 1. The van der Waals surface area contributed by atoms with Crippen molar-refractivity contribution < 1.29 is 13.2 Å². The number of hydrogen-bond acceptors (Lipinski definition) is 4. The van der Waals surface area contributed by atoms with Crippen molar-refractivity contribution in [3.05, 3.63) is 54.6 Å². The molecule has 1 saturated heterocycles. The number of para-hydroxylation sites is 1. The molecule has 0 saturated carbocycles. The molecule has 150 valence electrons. The maximum absolute atomic E-state index is 12.8. The Hall–Kier alpha value is -2.38. The molecule has 7 heteroatoms. The zero-order valence-electron chi connectivity index (χ0n) is 16.2. The molecule has 1 N–H and O–H groups in total. The highest BCUT2D eigenvalue weighted by Gasteiger charge is 2.26. The molecule has 6 nitrogen and oxygen atoms in total. The van der Waals surface area contributed by atoms with Crippen LogP contribution in [0.1, 0.15) is 26.2 Å². The van der Waals surface area contributed by atoms with Crippen LogP contribution in [0.3, 0.4) is 0 Å². The van der Waals surface area contributed by atoms with Crippen LogP contribution in [-0.4, -0.2) is 44.8 Å². The Labute approximate surface area is 167 Å². The summed E-state index contributed by atoms with van der Waals surface area (Å²) in [7, 11) is -3.49. The molecule has 1 fully saturated rings. The molecular formula is C21H27N3O3S. The lowest BCUT2D eigenvalue weighted by atomic mass is 10.2. The molecule has 1 heterocycles. The van der Waals surface area contributed by atoms with Crippen molar-refractivity contribution in [3.8, 4) is 0 Å². The molecule has 2 aromatic rings. The van der Waals surface area contributed by atoms with E-state index in [1.165, 1.54) is 0 Å². The Morgan fingerprint density at radius 2 is 1.75 bits per heavy atom. The molecule has 2 aromatic carbocycles. The van der Waals surface area contributed by atoms with E-state index in [1.807, 2.05) is 37.3 Å². The first-order valence-electron chi connectivity index (χ1n) is 9.72. The van der Waals surface area contributed by atoms with Crippen LogP contribution < -0.4 is 10.2 Å². The van der Waals surface area contributed by atoms with Gasteiger partial charge in [-0.25, -0.2) is 8.42 Å². The number of anilines is 2. The second kappa shape index (κ2) is 9.21. The average Bonchev–Trinajstić information content (AvgIpc) is 2.74. The molecule has 0 atom stereocenters. The molecule has 0 unspecified atom stereocenters. The van der Waals surface area contributed by atoms with Crippen molar-refractivity contribution in [2.24, 2.45) is 0 Å². The topological polar surface area (TPSA) is 69.7 Å². The summed E-state index contributed by atoms with van der Waals surface area (Å²) < 4.78 is 27.2. The summed E-state index contributed by atoms with van der Waals surface area (Å²) in [6, 6.07) is 16.2. The Bertz CT molecular complexity index is 894. The van der Waals surface area contributed by atoms with E-state index in [-0.39, 0.29) is 17.3 Å². The Balaban J connectivity index is 1.68. The van der Waals surface area contributed by atoms with Gasteiger partial charge in [-0.2, -0.15) is 4.31 Å². The summed E-state index contributed by atoms with van der Waals surface area (Å²) in [5, 5.41) is 3.07. The summed E-state index contributed by atoms with van der Waals surface area (Å²) in [5.74, 6) is -0.0713. The lowest BCUT2D eigenvalue weighted by Gasteiger charge is -2.26. The highest BCUT2D eigenvalue weighted by molar-refractivity contribution is 7.89. The molecule has 1 aliphatic heterocycles. The zero-order chi connectivity index (χ0) is 20.0. The van der Waals surface area contributed by atoms with Crippen LogP contribution in [0, 0.1) is 0 Å². The first-order valence-corrected chi connectivity index (χ1v) is 11.2. The Kier molecular flexibility index (Phi) is 6.70. The van der Waals surface area contributed by atoms with E-state index in [9.17, 15) is 13.2 Å². The van der Waals surface area contributed by atoms with Gasteiger partial charge in [0.05, 0.1) is 11.4 Å². The summed E-state index contributed by atoms with van der Waals surface area (Å²) in [6.45, 7) is 3.72. The van der Waals surface area contributed by atoms with Crippen molar-refractivity contribution in [2.75, 3.05) is 36.4 Å². The van der Waals surface area contributed by atoms with Gasteiger partial charge < -0.3 is 10.2 Å². The number of carbonyl (C=O) groups is 1. The monoisotopic (exact) mass is 401 g/mol. The van der Waals surface area contributed by atoms with E-state index in [1.54, 1.807) is 33.5 Å². The number of sulfonamides is 1. The minimum absolute atomic E-state index is 0.0713. The maximum atomic E-state index is 12.8. The van der Waals surface area contributed by atoms with Crippen LogP contribution >= 0.6 is 0 Å². The fourth-order valence-corrected chi connectivity index (χ4v) is 4.97. The fourth-order valence-electron chi connectivity index (χ4n) is 3.40. The van der Waals surface area contributed by atoms with E-state index in [2.05, 4.69) is 5.32 Å². The molecule has 0 bridgehead atoms. The molecule has 0 aromatic heterocycles. The maximum Gasteiger partial charge on any atom is 0.246 e. The van der Waals surface area contributed by atoms with Gasteiger partial charge in [0.2, 0.25) is 15.9 Å². The first-order chi connectivity index (χ1) is 13.5. The summed E-state index contributed by atoms with van der Waals surface area (Å²) in [4.78, 5) is 14.6. The van der Waals surface area contributed by atoms with Crippen LogP contribution in [-0.2, 0) is 14.8 Å². The van der Waals surface area contributed by atoms with Crippen molar-refractivity contribution in [1.29, 1.82) is 0 Å². The summed E-state index contributed by atoms with van der Waals surface area (Å²) >= 11 is 0. The van der Waals surface area contributed by atoms with Gasteiger partial charge in [-0.1, -0.05) is 30.7 Å². The number of nitrogens with zero attached hydrogens (tertiary/aromatic N) is 2. The van der Waals surface area contributed by atoms with Crippen molar-refractivity contribution >= 4 is 27.3 Å². The van der Waals surface area contributed by atoms with E-state index in [4.69, 9.17) is 0 Å². The minimum Gasteiger partial charge on any atom is -0.376 e. The van der Waals surface area contributed by atoms with Crippen LogP contribution in [0.2, 0.25) is 0 Å². The van der Waals surface area contributed by atoms with Gasteiger partial charge in [-0.3, -0.25) is 4.79 Å². The van der Waals surface area contributed by atoms with Gasteiger partial charge in [0.25, 0.3) is 0 Å².